The van der Waals surface area contributed by atoms with Crippen molar-refractivity contribution in [3.8, 4) is 0 Å². The quantitative estimate of drug-likeness (QED) is 0.869. The minimum atomic E-state index is -0.0875. The number of carbonyl (C=O) groups excluding carboxylic acids is 2. The average molecular weight is 360 g/mol. The number of aromatic nitrogens is 1. The summed E-state index contributed by atoms with van der Waals surface area (Å²) in [6.07, 6.45) is 3.96. The third-order valence-corrected chi connectivity index (χ3v) is 5.03. The molecular weight excluding hydrogens is 332 g/mol. The summed E-state index contributed by atoms with van der Waals surface area (Å²) in [5.41, 5.74) is 0.924. The molecule has 0 bridgehead atoms. The predicted octanol–water partition coefficient (Wildman–Crippen LogP) is 1.78. The Balaban J connectivity index is 1.39. The highest BCUT2D eigenvalue weighted by atomic mass is 16.5. The fraction of sp³-hybridized carbons (Fsp3) is 0.632. The topological polar surface area (TPSA) is 74.8 Å². The summed E-state index contributed by atoms with van der Waals surface area (Å²) < 4.78 is 5.91. The molecule has 1 atom stereocenters. The van der Waals surface area contributed by atoms with Crippen molar-refractivity contribution < 1.29 is 14.3 Å². The van der Waals surface area contributed by atoms with Gasteiger partial charge in [0, 0.05) is 38.3 Å². The number of hydrogen-bond donors (Lipinski definition) is 1. The van der Waals surface area contributed by atoms with Crippen LogP contribution in [0.4, 0.5) is 4.79 Å². The largest absolute Gasteiger partial charge is 0.372 e. The minimum Gasteiger partial charge on any atom is -0.372 e. The Morgan fingerprint density at radius 3 is 2.73 bits per heavy atom. The van der Waals surface area contributed by atoms with Gasteiger partial charge in [-0.3, -0.25) is 9.78 Å². The zero-order valence-corrected chi connectivity index (χ0v) is 15.6. The van der Waals surface area contributed by atoms with E-state index in [1.807, 2.05) is 41.8 Å². The first kappa shape index (κ1) is 18.6. The number of ether oxygens (including phenoxy) is 1. The maximum atomic E-state index is 12.5. The van der Waals surface area contributed by atoms with Crippen LogP contribution in [0.15, 0.2) is 24.4 Å². The minimum absolute atomic E-state index is 0.0726. The Hall–Kier alpha value is -2.15. The van der Waals surface area contributed by atoms with Gasteiger partial charge in [-0.25, -0.2) is 4.79 Å². The van der Waals surface area contributed by atoms with Crippen LogP contribution in [0, 0.1) is 0 Å². The Morgan fingerprint density at radius 2 is 2.12 bits per heavy atom. The molecular formula is C19H28N4O3. The molecule has 1 unspecified atom stereocenters. The molecule has 142 valence electrons. The van der Waals surface area contributed by atoms with Crippen molar-refractivity contribution in [3.05, 3.63) is 30.1 Å². The lowest BCUT2D eigenvalue weighted by atomic mass is 10.1. The number of likely N-dealkylation sites (tertiary alicyclic amines) is 2. The highest BCUT2D eigenvalue weighted by molar-refractivity contribution is 5.82. The van der Waals surface area contributed by atoms with Gasteiger partial charge in [0.25, 0.3) is 0 Å². The highest BCUT2D eigenvalue weighted by Gasteiger charge is 2.33. The summed E-state index contributed by atoms with van der Waals surface area (Å²) in [6, 6.07) is 5.81. The third-order valence-electron chi connectivity index (χ3n) is 5.03. The van der Waals surface area contributed by atoms with E-state index in [-0.39, 0.29) is 30.1 Å². The van der Waals surface area contributed by atoms with Crippen molar-refractivity contribution in [1.82, 2.24) is 20.1 Å². The maximum Gasteiger partial charge on any atom is 0.317 e. The molecule has 2 aliphatic rings. The predicted molar refractivity (Wildman–Crippen MR) is 97.4 cm³/mol. The summed E-state index contributed by atoms with van der Waals surface area (Å²) in [6.45, 7) is 6.45. The summed E-state index contributed by atoms with van der Waals surface area (Å²) in [5, 5.41) is 3.01. The Morgan fingerprint density at radius 1 is 1.35 bits per heavy atom. The molecule has 7 heteroatoms. The number of hydrogen-bond acceptors (Lipinski definition) is 4. The molecule has 3 rings (SSSR count). The van der Waals surface area contributed by atoms with E-state index >= 15 is 0 Å². The standard InChI is InChI=1S/C19H28N4O3/c1-14(2)23-12-16(11-18(23)24)21-19(25)22-9-6-17(7-10-22)26-13-15-5-3-4-8-20-15/h3-5,8,14,16-17H,6-7,9-13H2,1-2H3,(H,21,25). The molecule has 0 radical (unpaired) electrons. The van der Waals surface area contributed by atoms with Crippen LogP contribution in [0.25, 0.3) is 0 Å². The van der Waals surface area contributed by atoms with E-state index in [0.717, 1.165) is 18.5 Å². The van der Waals surface area contributed by atoms with Gasteiger partial charge >= 0.3 is 6.03 Å². The van der Waals surface area contributed by atoms with Gasteiger partial charge in [0.05, 0.1) is 24.4 Å². The Bertz CT molecular complexity index is 614. The van der Waals surface area contributed by atoms with Crippen molar-refractivity contribution in [2.45, 2.75) is 57.9 Å². The average Bonchev–Trinajstić information content (AvgIpc) is 3.01. The normalized spacial score (nSPS) is 21.5. The molecule has 2 aliphatic heterocycles. The number of amides is 3. The molecule has 0 spiro atoms. The summed E-state index contributed by atoms with van der Waals surface area (Å²) in [4.78, 5) is 32.3. The Kier molecular flexibility index (Phi) is 6.08. The molecule has 1 aromatic heterocycles. The molecule has 1 aromatic rings. The van der Waals surface area contributed by atoms with Gasteiger partial charge in [-0.15, -0.1) is 0 Å². The molecule has 0 saturated carbocycles. The second-order valence-corrected chi connectivity index (χ2v) is 7.31. The van der Waals surface area contributed by atoms with Crippen molar-refractivity contribution >= 4 is 11.9 Å². The van der Waals surface area contributed by atoms with Gasteiger partial charge in [0.1, 0.15) is 0 Å². The van der Waals surface area contributed by atoms with Gasteiger partial charge in [-0.1, -0.05) is 6.07 Å². The molecule has 3 heterocycles. The first-order chi connectivity index (χ1) is 12.5. The van der Waals surface area contributed by atoms with E-state index < -0.39 is 0 Å². The zero-order valence-electron chi connectivity index (χ0n) is 15.6. The number of nitrogens with one attached hydrogen (secondary N) is 1. The van der Waals surface area contributed by atoms with Crippen LogP contribution >= 0.6 is 0 Å². The van der Waals surface area contributed by atoms with Crippen LogP contribution in [-0.4, -0.2) is 64.5 Å². The molecule has 2 saturated heterocycles. The first-order valence-corrected chi connectivity index (χ1v) is 9.39. The monoisotopic (exact) mass is 360 g/mol. The zero-order chi connectivity index (χ0) is 18.5. The van der Waals surface area contributed by atoms with Crippen LogP contribution in [0.5, 0.6) is 0 Å². The fourth-order valence-electron chi connectivity index (χ4n) is 3.51. The Labute approximate surface area is 154 Å². The molecule has 26 heavy (non-hydrogen) atoms. The van der Waals surface area contributed by atoms with Gasteiger partial charge < -0.3 is 19.9 Å². The van der Waals surface area contributed by atoms with Crippen molar-refractivity contribution in [2.24, 2.45) is 0 Å². The first-order valence-electron chi connectivity index (χ1n) is 9.39. The number of carbonyl (C=O) groups is 2. The summed E-state index contributed by atoms with van der Waals surface area (Å²) >= 11 is 0. The van der Waals surface area contributed by atoms with Crippen LogP contribution < -0.4 is 5.32 Å². The van der Waals surface area contributed by atoms with Gasteiger partial charge in [0.15, 0.2) is 0 Å². The van der Waals surface area contributed by atoms with E-state index in [4.69, 9.17) is 4.74 Å². The van der Waals surface area contributed by atoms with Gasteiger partial charge in [-0.2, -0.15) is 0 Å². The molecule has 1 N–H and O–H groups in total. The van der Waals surface area contributed by atoms with E-state index in [0.29, 0.717) is 32.7 Å². The summed E-state index contributed by atoms with van der Waals surface area (Å²) in [7, 11) is 0. The third kappa shape index (κ3) is 4.72. The lowest BCUT2D eigenvalue weighted by Gasteiger charge is -2.32. The van der Waals surface area contributed by atoms with Crippen LogP contribution in [0.2, 0.25) is 0 Å². The van der Waals surface area contributed by atoms with Crippen LogP contribution in [-0.2, 0) is 16.1 Å². The van der Waals surface area contributed by atoms with Gasteiger partial charge in [0.2, 0.25) is 5.91 Å². The lowest BCUT2D eigenvalue weighted by Crippen LogP contribution is -2.49. The number of nitrogens with zero attached hydrogens (tertiary/aromatic N) is 3. The SMILES string of the molecule is CC(C)N1CC(NC(=O)N2CCC(OCc3ccccn3)CC2)CC1=O. The summed E-state index contributed by atoms with van der Waals surface area (Å²) in [5.74, 6) is 0.118. The second kappa shape index (κ2) is 8.49. The van der Waals surface area contributed by atoms with Gasteiger partial charge in [-0.05, 0) is 38.8 Å². The van der Waals surface area contributed by atoms with Crippen molar-refractivity contribution in [2.75, 3.05) is 19.6 Å². The fourth-order valence-corrected chi connectivity index (χ4v) is 3.51. The van der Waals surface area contributed by atoms with Crippen molar-refractivity contribution in [3.63, 3.8) is 0 Å². The van der Waals surface area contributed by atoms with E-state index in [1.54, 1.807) is 6.20 Å². The maximum absolute atomic E-state index is 12.5. The molecule has 7 nitrogen and oxygen atoms in total. The van der Waals surface area contributed by atoms with E-state index in [9.17, 15) is 9.59 Å². The van der Waals surface area contributed by atoms with Crippen molar-refractivity contribution in [1.29, 1.82) is 0 Å². The molecule has 0 aromatic carbocycles. The molecule has 3 amide bonds. The van der Waals surface area contributed by atoms with E-state index in [2.05, 4.69) is 10.3 Å². The molecule has 0 aliphatic carbocycles. The highest BCUT2D eigenvalue weighted by Crippen LogP contribution is 2.17. The molecule has 2 fully saturated rings. The number of urea groups is 1. The number of rotatable bonds is 5. The van der Waals surface area contributed by atoms with Crippen LogP contribution in [0.1, 0.15) is 38.8 Å². The lowest BCUT2D eigenvalue weighted by molar-refractivity contribution is -0.129. The number of piperidine rings is 1. The van der Waals surface area contributed by atoms with E-state index in [1.165, 1.54) is 0 Å². The number of pyridine rings is 1. The van der Waals surface area contributed by atoms with Crippen LogP contribution in [0.3, 0.4) is 0 Å². The second-order valence-electron chi connectivity index (χ2n) is 7.31. The smallest absolute Gasteiger partial charge is 0.317 e.